The lowest BCUT2D eigenvalue weighted by atomic mass is 10.1. The Morgan fingerprint density at radius 3 is 2.11 bits per heavy atom. The molecule has 0 saturated heterocycles. The zero-order chi connectivity index (χ0) is 32.5. The first-order valence-corrected chi connectivity index (χ1v) is 14.0. The van der Waals surface area contributed by atoms with Gasteiger partial charge in [0.2, 0.25) is 12.3 Å². The van der Waals surface area contributed by atoms with E-state index >= 15 is 0 Å². The summed E-state index contributed by atoms with van der Waals surface area (Å²) in [7, 11) is 1.66. The smallest absolute Gasteiger partial charge is 0.419 e. The number of nitrogens with zero attached hydrogens (tertiary/aromatic N) is 4. The average molecular weight is 611 g/mol. The number of benzene rings is 2. The molecule has 0 bridgehead atoms. The third-order valence-corrected chi connectivity index (χ3v) is 6.08. The van der Waals surface area contributed by atoms with Crippen molar-refractivity contribution in [1.82, 2.24) is 19.2 Å². The highest BCUT2D eigenvalue weighted by atomic mass is 19.4. The Kier molecular flexibility index (Phi) is 11.1. The van der Waals surface area contributed by atoms with Crippen molar-refractivity contribution in [1.29, 1.82) is 0 Å². The summed E-state index contributed by atoms with van der Waals surface area (Å²) in [6.07, 6.45) is -2.27. The molecule has 0 unspecified atom stereocenters. The number of ether oxygens (including phenoxy) is 1. The summed E-state index contributed by atoms with van der Waals surface area (Å²) < 4.78 is 47.8. The summed E-state index contributed by atoms with van der Waals surface area (Å²) in [5.41, 5.74) is 0.963. The molecule has 0 aliphatic heterocycles. The Hall–Kier alpha value is -4.84. The van der Waals surface area contributed by atoms with Gasteiger partial charge in [-0.3, -0.25) is 9.20 Å². The van der Waals surface area contributed by atoms with Crippen LogP contribution < -0.4 is 15.4 Å². The van der Waals surface area contributed by atoms with Crippen molar-refractivity contribution in [2.45, 2.75) is 46.4 Å². The number of aliphatic hydroxyl groups is 1. The lowest BCUT2D eigenvalue weighted by Gasteiger charge is -2.16. The zero-order valence-electron chi connectivity index (χ0n) is 25.5. The molecule has 0 fully saturated rings. The minimum absolute atomic E-state index is 0.104. The Morgan fingerprint density at radius 2 is 1.57 bits per heavy atom. The first-order chi connectivity index (χ1) is 20.9. The molecule has 44 heavy (non-hydrogen) atoms. The Bertz CT molecular complexity index is 1640. The molecular weight excluding hydrogens is 573 g/mol. The molecule has 9 nitrogen and oxygen atoms in total. The van der Waals surface area contributed by atoms with E-state index in [1.807, 2.05) is 74.5 Å². The van der Waals surface area contributed by atoms with Crippen LogP contribution >= 0.6 is 0 Å². The minimum atomic E-state index is -4.44. The molecule has 5 rings (SSSR count). The van der Waals surface area contributed by atoms with Crippen molar-refractivity contribution in [2.24, 2.45) is 0 Å². The largest absolute Gasteiger partial charge is 0.473 e. The van der Waals surface area contributed by atoms with Crippen LogP contribution in [0.1, 0.15) is 38.8 Å². The molecule has 0 spiro atoms. The Labute approximate surface area is 254 Å². The summed E-state index contributed by atoms with van der Waals surface area (Å²) in [5, 5.41) is 19.7. The summed E-state index contributed by atoms with van der Waals surface area (Å²) in [6, 6.07) is 21.0. The van der Waals surface area contributed by atoms with Crippen molar-refractivity contribution in [3.05, 3.63) is 90.1 Å². The minimum Gasteiger partial charge on any atom is -0.473 e. The number of para-hydroxylation sites is 1. The number of anilines is 2. The number of hydrogen-bond donors (Lipinski definition) is 3. The van der Waals surface area contributed by atoms with Crippen LogP contribution in [0.25, 0.3) is 22.6 Å². The molecule has 3 heterocycles. The van der Waals surface area contributed by atoms with Gasteiger partial charge in [-0.05, 0) is 45.0 Å². The number of pyridine rings is 1. The molecule has 0 aliphatic rings. The maximum Gasteiger partial charge on any atom is 0.419 e. The normalized spacial score (nSPS) is 11.1. The van der Waals surface area contributed by atoms with E-state index in [1.165, 1.54) is 10.5 Å². The van der Waals surface area contributed by atoms with E-state index in [2.05, 4.69) is 20.7 Å². The molecule has 234 valence electrons. The number of fused-ring (bicyclic) bond motifs is 1. The molecule has 0 radical (unpaired) electrons. The van der Waals surface area contributed by atoms with Crippen LogP contribution in [-0.2, 0) is 11.0 Å². The molecule has 0 aliphatic carbocycles. The fourth-order valence-electron chi connectivity index (χ4n) is 4.16. The van der Waals surface area contributed by atoms with Gasteiger partial charge in [0.25, 0.3) is 0 Å². The topological polar surface area (TPSA) is 106 Å². The second-order valence-corrected chi connectivity index (χ2v) is 9.93. The molecule has 12 heteroatoms. The molecular formula is C32H37F3N6O3. The van der Waals surface area contributed by atoms with Crippen LogP contribution in [0.3, 0.4) is 0 Å². The molecule has 2 aromatic carbocycles. The number of halogens is 3. The third-order valence-electron chi connectivity index (χ3n) is 6.08. The van der Waals surface area contributed by atoms with Gasteiger partial charge in [0, 0.05) is 18.8 Å². The highest BCUT2D eigenvalue weighted by Gasteiger charge is 2.34. The van der Waals surface area contributed by atoms with Crippen molar-refractivity contribution < 1.29 is 27.8 Å². The second kappa shape index (κ2) is 14.6. The third kappa shape index (κ3) is 7.95. The summed E-state index contributed by atoms with van der Waals surface area (Å²) in [4.78, 5) is 15.0. The summed E-state index contributed by atoms with van der Waals surface area (Å²) in [5.74, 6) is 1.45. The highest BCUT2D eigenvalue weighted by Crippen LogP contribution is 2.36. The number of aromatic nitrogens is 4. The molecule has 3 N–H and O–H groups in total. The summed E-state index contributed by atoms with van der Waals surface area (Å²) >= 11 is 0. The molecule has 5 aromatic rings. The van der Waals surface area contributed by atoms with Gasteiger partial charge in [0.1, 0.15) is 23.9 Å². The fourth-order valence-corrected chi connectivity index (χ4v) is 4.16. The number of alkyl halides is 3. The number of hydrogen-bond acceptors (Lipinski definition) is 6. The van der Waals surface area contributed by atoms with E-state index in [0.29, 0.717) is 35.2 Å². The number of carbonyl (C=O) groups is 1. The van der Waals surface area contributed by atoms with E-state index < -0.39 is 17.3 Å². The monoisotopic (exact) mass is 610 g/mol. The molecule has 3 aromatic heterocycles. The van der Waals surface area contributed by atoms with E-state index in [-0.39, 0.29) is 12.3 Å². The first kappa shape index (κ1) is 33.7. The lowest BCUT2D eigenvalue weighted by Crippen LogP contribution is -2.28. The van der Waals surface area contributed by atoms with Crippen molar-refractivity contribution in [2.75, 3.05) is 24.3 Å². The van der Waals surface area contributed by atoms with E-state index in [0.717, 1.165) is 17.3 Å². The van der Waals surface area contributed by atoms with E-state index in [1.54, 1.807) is 38.7 Å². The van der Waals surface area contributed by atoms with Crippen LogP contribution in [-0.4, -0.2) is 49.9 Å². The number of nitrogens with one attached hydrogen (secondary N) is 2. The van der Waals surface area contributed by atoms with E-state index in [9.17, 15) is 23.1 Å². The number of imidazole rings is 1. The van der Waals surface area contributed by atoms with Gasteiger partial charge in [0.05, 0.1) is 22.4 Å². The Balaban J connectivity index is 0.000000228. The van der Waals surface area contributed by atoms with Gasteiger partial charge in [-0.2, -0.15) is 13.2 Å². The number of rotatable bonds is 8. The molecule has 0 saturated carbocycles. The highest BCUT2D eigenvalue weighted by molar-refractivity contribution is 5.77. The predicted molar refractivity (Wildman–Crippen MR) is 166 cm³/mol. The maximum absolute atomic E-state index is 13.1. The van der Waals surface area contributed by atoms with Crippen molar-refractivity contribution >= 4 is 23.7 Å². The van der Waals surface area contributed by atoms with Gasteiger partial charge in [-0.25, -0.2) is 9.67 Å². The standard InChI is InChI=1S/C15H12F3N3.C15H19N3O3.C2H6/c1-19-14-12(10-6-3-2-4-7-10)20-13-11(15(16,17)18)8-5-9-21(13)14;1-11-13(16-10-19)18(12-7-5-4-6-8-12)17-14(11)21-9-15(2,3)20;1-2/h2-9,19H,1H3;4-8,10,20H,9H2,1-3H3,(H,16,19);1-2H3. The van der Waals surface area contributed by atoms with Crippen LogP contribution in [0.4, 0.5) is 24.8 Å². The lowest BCUT2D eigenvalue weighted by molar-refractivity contribution is -0.136. The number of carbonyl (C=O) groups excluding carboxylic acids is 1. The van der Waals surface area contributed by atoms with Crippen LogP contribution in [0.5, 0.6) is 5.88 Å². The van der Waals surface area contributed by atoms with Crippen LogP contribution in [0.15, 0.2) is 79.0 Å². The summed E-state index contributed by atoms with van der Waals surface area (Å²) in [6.45, 7) is 9.22. The predicted octanol–water partition coefficient (Wildman–Crippen LogP) is 6.99. The van der Waals surface area contributed by atoms with Gasteiger partial charge >= 0.3 is 6.18 Å². The maximum atomic E-state index is 13.1. The molecule has 0 atom stereocenters. The van der Waals surface area contributed by atoms with Gasteiger partial charge in [-0.1, -0.05) is 62.4 Å². The number of amides is 1. The van der Waals surface area contributed by atoms with Crippen molar-refractivity contribution in [3.8, 4) is 22.8 Å². The van der Waals surface area contributed by atoms with Gasteiger partial charge in [-0.15, -0.1) is 5.10 Å². The van der Waals surface area contributed by atoms with Crippen molar-refractivity contribution in [3.63, 3.8) is 0 Å². The zero-order valence-corrected chi connectivity index (χ0v) is 25.5. The van der Waals surface area contributed by atoms with Gasteiger partial charge < -0.3 is 20.5 Å². The fraction of sp³-hybridized carbons (Fsp3) is 0.281. The Morgan fingerprint density at radius 1 is 0.955 bits per heavy atom. The van der Waals surface area contributed by atoms with Crippen LogP contribution in [0, 0.1) is 6.92 Å². The quantitative estimate of drug-likeness (QED) is 0.164. The second-order valence-electron chi connectivity index (χ2n) is 9.93. The van der Waals surface area contributed by atoms with Gasteiger partial charge in [0.15, 0.2) is 5.65 Å². The van der Waals surface area contributed by atoms with Crippen LogP contribution in [0.2, 0.25) is 0 Å². The SMILES string of the molecule is CC.CNc1c(-c2ccccc2)nc2c(C(F)(F)F)cccn12.Cc1c(OCC(C)(C)O)nn(-c2ccccc2)c1NC=O. The molecule has 1 amide bonds. The first-order valence-electron chi connectivity index (χ1n) is 14.0. The average Bonchev–Trinajstić information content (AvgIpc) is 3.55. The van der Waals surface area contributed by atoms with E-state index in [4.69, 9.17) is 4.74 Å².